The average molecular weight is 298 g/mol. The van der Waals surface area contributed by atoms with Crippen molar-refractivity contribution >= 4 is 8.58 Å². The molecule has 0 radical (unpaired) electrons. The SMILES string of the molecule is CCC1(C)PC1C(C)CC(CC)(C(C)(C)C)C(C)(C)C. The molecule has 1 heterocycles. The van der Waals surface area contributed by atoms with E-state index in [4.69, 9.17) is 0 Å². The molecular weight excluding hydrogens is 259 g/mol. The molecule has 0 aromatic carbocycles. The Bertz CT molecular complexity index is 317. The van der Waals surface area contributed by atoms with Crippen molar-refractivity contribution in [2.75, 3.05) is 0 Å². The molecule has 0 aromatic rings. The molecule has 1 heteroatoms. The molecule has 0 N–H and O–H groups in total. The van der Waals surface area contributed by atoms with Gasteiger partial charge < -0.3 is 0 Å². The van der Waals surface area contributed by atoms with Gasteiger partial charge in [0.2, 0.25) is 0 Å². The fourth-order valence-electron chi connectivity index (χ4n) is 5.02. The molecule has 1 rings (SSSR count). The summed E-state index contributed by atoms with van der Waals surface area (Å²) in [5.74, 6) is 0.872. The second-order valence-electron chi connectivity index (χ2n) is 9.51. The van der Waals surface area contributed by atoms with Crippen LogP contribution in [0.3, 0.4) is 0 Å². The molecule has 4 unspecified atom stereocenters. The van der Waals surface area contributed by atoms with Crippen LogP contribution in [-0.2, 0) is 0 Å². The maximum absolute atomic E-state index is 2.53. The van der Waals surface area contributed by atoms with E-state index in [9.17, 15) is 0 Å². The van der Waals surface area contributed by atoms with Crippen LogP contribution in [0.25, 0.3) is 0 Å². The Morgan fingerprint density at radius 2 is 1.45 bits per heavy atom. The first-order valence-corrected chi connectivity index (χ1v) is 9.70. The molecule has 1 fully saturated rings. The minimum atomic E-state index is 0.370. The van der Waals surface area contributed by atoms with Gasteiger partial charge in [-0.25, -0.2) is 0 Å². The molecule has 120 valence electrons. The summed E-state index contributed by atoms with van der Waals surface area (Å²) in [5.41, 5.74) is 2.16. The third kappa shape index (κ3) is 3.11. The molecule has 0 spiro atoms. The first-order chi connectivity index (χ1) is 8.84. The molecule has 4 atom stereocenters. The van der Waals surface area contributed by atoms with Crippen molar-refractivity contribution in [2.45, 2.75) is 99.3 Å². The lowest BCUT2D eigenvalue weighted by molar-refractivity contribution is -0.0554. The highest BCUT2D eigenvalue weighted by atomic mass is 31.1. The molecule has 0 aromatic heterocycles. The van der Waals surface area contributed by atoms with Crippen molar-refractivity contribution in [3.8, 4) is 0 Å². The zero-order valence-electron chi connectivity index (χ0n) is 15.8. The summed E-state index contributed by atoms with van der Waals surface area (Å²) >= 11 is 0. The second-order valence-corrected chi connectivity index (χ2v) is 11.6. The van der Waals surface area contributed by atoms with Gasteiger partial charge in [-0.2, -0.15) is 0 Å². The summed E-state index contributed by atoms with van der Waals surface area (Å²) < 4.78 is 0. The van der Waals surface area contributed by atoms with Gasteiger partial charge in [0.25, 0.3) is 0 Å². The molecule has 0 aliphatic carbocycles. The van der Waals surface area contributed by atoms with E-state index >= 15 is 0 Å². The number of hydrogen-bond acceptors (Lipinski definition) is 0. The van der Waals surface area contributed by atoms with Gasteiger partial charge in [-0.3, -0.25) is 0 Å². The van der Waals surface area contributed by atoms with E-state index in [-0.39, 0.29) is 0 Å². The van der Waals surface area contributed by atoms with Crippen LogP contribution < -0.4 is 0 Å². The number of hydrogen-bond donors (Lipinski definition) is 0. The first-order valence-electron chi connectivity index (χ1n) is 8.62. The summed E-state index contributed by atoms with van der Waals surface area (Å²) in [5, 5.41) is 0.675. The molecular formula is C19H39P. The van der Waals surface area contributed by atoms with E-state index in [1.165, 1.54) is 27.8 Å². The van der Waals surface area contributed by atoms with Crippen molar-refractivity contribution in [3.05, 3.63) is 0 Å². The third-order valence-corrected chi connectivity index (χ3v) is 9.07. The Morgan fingerprint density at radius 1 is 1.00 bits per heavy atom. The lowest BCUT2D eigenvalue weighted by Gasteiger charge is -2.55. The van der Waals surface area contributed by atoms with Crippen molar-refractivity contribution in [1.82, 2.24) is 0 Å². The van der Waals surface area contributed by atoms with Crippen molar-refractivity contribution in [3.63, 3.8) is 0 Å². The van der Waals surface area contributed by atoms with Gasteiger partial charge in [-0.05, 0) is 52.2 Å². The average Bonchev–Trinajstić information content (AvgIpc) is 2.96. The minimum Gasteiger partial charge on any atom is -0.111 e. The summed E-state index contributed by atoms with van der Waals surface area (Å²) in [6, 6.07) is 0. The predicted octanol–water partition coefficient (Wildman–Crippen LogP) is 6.73. The maximum Gasteiger partial charge on any atom is -0.00821 e. The molecule has 1 saturated heterocycles. The third-order valence-electron chi connectivity index (χ3n) is 6.54. The minimum absolute atomic E-state index is 0.370. The Balaban J connectivity index is 2.98. The zero-order chi connectivity index (χ0) is 16.0. The van der Waals surface area contributed by atoms with Crippen LogP contribution in [0.2, 0.25) is 0 Å². The largest absolute Gasteiger partial charge is 0.111 e. The summed E-state index contributed by atoms with van der Waals surface area (Å²) in [7, 11) is 1.20. The molecule has 1 aliphatic heterocycles. The van der Waals surface area contributed by atoms with Crippen LogP contribution >= 0.6 is 8.58 Å². The van der Waals surface area contributed by atoms with Crippen LogP contribution in [-0.4, -0.2) is 10.8 Å². The highest BCUT2D eigenvalue weighted by Crippen LogP contribution is 2.68. The van der Waals surface area contributed by atoms with E-state index in [1.807, 2.05) is 0 Å². The van der Waals surface area contributed by atoms with Crippen LogP contribution in [0.5, 0.6) is 0 Å². The van der Waals surface area contributed by atoms with Crippen molar-refractivity contribution < 1.29 is 0 Å². The van der Waals surface area contributed by atoms with E-state index in [0.29, 0.717) is 21.4 Å². The summed E-state index contributed by atoms with van der Waals surface area (Å²) in [6.45, 7) is 24.6. The van der Waals surface area contributed by atoms with Crippen LogP contribution in [0.4, 0.5) is 0 Å². The van der Waals surface area contributed by atoms with E-state index in [1.54, 1.807) is 0 Å². The quantitative estimate of drug-likeness (QED) is 0.493. The van der Waals surface area contributed by atoms with Crippen molar-refractivity contribution in [1.29, 1.82) is 0 Å². The molecule has 0 bridgehead atoms. The summed E-state index contributed by atoms with van der Waals surface area (Å²) in [6.07, 6.45) is 4.05. The second kappa shape index (κ2) is 5.57. The van der Waals surface area contributed by atoms with Gasteiger partial charge in [-0.1, -0.05) is 69.2 Å². The molecule has 20 heavy (non-hydrogen) atoms. The van der Waals surface area contributed by atoms with E-state index < -0.39 is 0 Å². The molecule has 0 saturated carbocycles. The fraction of sp³-hybridized carbons (Fsp3) is 1.00. The zero-order valence-corrected chi connectivity index (χ0v) is 16.8. The van der Waals surface area contributed by atoms with Crippen LogP contribution in [0, 0.1) is 22.2 Å². The summed E-state index contributed by atoms with van der Waals surface area (Å²) in [4.78, 5) is 0. The molecule has 1 aliphatic rings. The van der Waals surface area contributed by atoms with Crippen LogP contribution in [0.1, 0.15) is 88.5 Å². The number of rotatable bonds is 5. The predicted molar refractivity (Wildman–Crippen MR) is 96.2 cm³/mol. The maximum atomic E-state index is 2.53. The Labute approximate surface area is 130 Å². The standard InChI is InChI=1S/C19H39P/c1-11-18(10)15(20-18)14(3)13-19(12-2,16(4,5)6)17(7,8)9/h14-15,20H,11-13H2,1-10H3. The van der Waals surface area contributed by atoms with Gasteiger partial charge in [0, 0.05) is 0 Å². The van der Waals surface area contributed by atoms with Gasteiger partial charge >= 0.3 is 0 Å². The molecule has 0 nitrogen and oxygen atoms in total. The van der Waals surface area contributed by atoms with Gasteiger partial charge in [0.1, 0.15) is 0 Å². The normalized spacial score (nSPS) is 30.6. The van der Waals surface area contributed by atoms with Gasteiger partial charge in [0.15, 0.2) is 0 Å². The Kier molecular flexibility index (Phi) is 5.14. The van der Waals surface area contributed by atoms with Crippen molar-refractivity contribution in [2.24, 2.45) is 22.2 Å². The lowest BCUT2D eigenvalue weighted by Crippen LogP contribution is -2.47. The first kappa shape index (κ1) is 18.5. The van der Waals surface area contributed by atoms with Crippen LogP contribution in [0.15, 0.2) is 0 Å². The van der Waals surface area contributed by atoms with E-state index in [2.05, 4.69) is 69.2 Å². The monoisotopic (exact) mass is 298 g/mol. The highest BCUT2D eigenvalue weighted by molar-refractivity contribution is 7.50. The smallest absolute Gasteiger partial charge is 0.00821 e. The van der Waals surface area contributed by atoms with Gasteiger partial charge in [0.05, 0.1) is 0 Å². The topological polar surface area (TPSA) is 0 Å². The van der Waals surface area contributed by atoms with Gasteiger partial charge in [-0.15, -0.1) is 8.58 Å². The fourth-order valence-corrected chi connectivity index (χ4v) is 6.74. The molecule has 0 amide bonds. The Hall–Kier alpha value is 0.430. The van der Waals surface area contributed by atoms with E-state index in [0.717, 1.165) is 11.6 Å². The lowest BCUT2D eigenvalue weighted by atomic mass is 9.50. The Morgan fingerprint density at radius 3 is 1.70 bits per heavy atom. The highest BCUT2D eigenvalue weighted by Gasteiger charge is 2.55.